The van der Waals surface area contributed by atoms with Crippen LogP contribution in [-0.4, -0.2) is 13.2 Å². The number of rotatable bonds is 0. The van der Waals surface area contributed by atoms with E-state index < -0.39 is 0 Å². The molecular weight excluding hydrogens is 202 g/mol. The zero-order chi connectivity index (χ0) is 11.8. The van der Waals surface area contributed by atoms with Crippen LogP contribution in [0.25, 0.3) is 4.85 Å². The highest BCUT2D eigenvalue weighted by Crippen LogP contribution is 2.39. The molecule has 0 aromatic heterocycles. The van der Waals surface area contributed by atoms with E-state index in [1.165, 1.54) is 0 Å². The largest absolute Gasteiger partial charge is 0.492 e. The van der Waals surface area contributed by atoms with E-state index in [1.54, 1.807) is 12.1 Å². The lowest BCUT2D eigenvalue weighted by molar-refractivity contribution is 0.200. The van der Waals surface area contributed by atoms with Gasteiger partial charge in [0.1, 0.15) is 5.75 Å². The number of nitrogens with two attached hydrogens (primary N) is 1. The highest BCUT2D eigenvalue weighted by atomic mass is 16.5. The summed E-state index contributed by atoms with van der Waals surface area (Å²) in [7, 11) is 0. The van der Waals surface area contributed by atoms with E-state index in [1.807, 2.05) is 0 Å². The first-order chi connectivity index (χ1) is 7.52. The van der Waals surface area contributed by atoms with Gasteiger partial charge < -0.3 is 15.8 Å². The number of anilines is 2. The number of benzene rings is 1. The van der Waals surface area contributed by atoms with Crippen LogP contribution in [0.1, 0.15) is 13.8 Å². The first-order valence-electron chi connectivity index (χ1n) is 5.19. The van der Waals surface area contributed by atoms with Crippen molar-refractivity contribution in [3.63, 3.8) is 0 Å². The van der Waals surface area contributed by atoms with Gasteiger partial charge in [-0.1, -0.05) is 13.8 Å². The molecule has 0 amide bonds. The van der Waals surface area contributed by atoms with E-state index in [-0.39, 0.29) is 5.41 Å². The molecule has 4 heteroatoms. The van der Waals surface area contributed by atoms with Crippen molar-refractivity contribution in [2.45, 2.75) is 13.8 Å². The third kappa shape index (κ3) is 1.89. The van der Waals surface area contributed by atoms with Gasteiger partial charge in [-0.25, -0.2) is 4.85 Å². The molecule has 1 aliphatic rings. The third-order valence-corrected chi connectivity index (χ3v) is 2.61. The van der Waals surface area contributed by atoms with Gasteiger partial charge in [-0.3, -0.25) is 0 Å². The number of fused-ring (bicyclic) bond motifs is 1. The normalized spacial score (nSPS) is 17.3. The molecule has 0 fully saturated rings. The quantitative estimate of drug-likeness (QED) is 0.519. The number of nitrogens with one attached hydrogen (secondary N) is 1. The lowest BCUT2D eigenvalue weighted by Crippen LogP contribution is -2.27. The number of hydrogen-bond donors (Lipinski definition) is 2. The highest BCUT2D eigenvalue weighted by Gasteiger charge is 2.24. The summed E-state index contributed by atoms with van der Waals surface area (Å²) < 4.78 is 5.70. The number of hydrogen-bond acceptors (Lipinski definition) is 3. The predicted octanol–water partition coefficient (Wildman–Crippen LogP) is 2.65. The fraction of sp³-hybridized carbons (Fsp3) is 0.417. The Kier molecular flexibility index (Phi) is 2.39. The van der Waals surface area contributed by atoms with Crippen LogP contribution in [0.15, 0.2) is 12.1 Å². The summed E-state index contributed by atoms with van der Waals surface area (Å²) in [6.07, 6.45) is 0. The van der Waals surface area contributed by atoms with Crippen molar-refractivity contribution >= 4 is 17.1 Å². The van der Waals surface area contributed by atoms with E-state index in [4.69, 9.17) is 17.0 Å². The molecule has 2 rings (SSSR count). The van der Waals surface area contributed by atoms with Gasteiger partial charge in [-0.05, 0) is 12.1 Å². The average molecular weight is 217 g/mol. The lowest BCUT2D eigenvalue weighted by atomic mass is 9.95. The molecular formula is C12H15N3O. The van der Waals surface area contributed by atoms with Crippen LogP contribution in [-0.2, 0) is 0 Å². The first-order valence-corrected chi connectivity index (χ1v) is 5.19. The van der Waals surface area contributed by atoms with Crippen LogP contribution in [0.3, 0.4) is 0 Å². The van der Waals surface area contributed by atoms with Gasteiger partial charge in [0.05, 0.1) is 18.9 Å². The molecule has 1 heterocycles. The molecule has 3 N–H and O–H groups in total. The molecule has 84 valence electrons. The van der Waals surface area contributed by atoms with E-state index >= 15 is 0 Å². The van der Waals surface area contributed by atoms with Crippen LogP contribution in [0, 0.1) is 12.0 Å². The molecule has 0 radical (unpaired) electrons. The molecule has 4 nitrogen and oxygen atoms in total. The number of nitrogens with zero attached hydrogens (tertiary/aromatic N) is 1. The minimum atomic E-state index is 0.0593. The fourth-order valence-corrected chi connectivity index (χ4v) is 1.64. The Morgan fingerprint density at radius 2 is 2.25 bits per heavy atom. The Morgan fingerprint density at radius 3 is 2.94 bits per heavy atom. The maximum absolute atomic E-state index is 6.98. The third-order valence-electron chi connectivity index (χ3n) is 2.61. The second-order valence-electron chi connectivity index (χ2n) is 4.83. The summed E-state index contributed by atoms with van der Waals surface area (Å²) in [5, 5.41) is 3.28. The smallest absolute Gasteiger partial charge is 0.193 e. The van der Waals surface area contributed by atoms with Crippen LogP contribution in [0.2, 0.25) is 0 Å². The van der Waals surface area contributed by atoms with E-state index in [0.717, 1.165) is 12.2 Å². The van der Waals surface area contributed by atoms with Crippen molar-refractivity contribution in [2.75, 3.05) is 24.2 Å². The molecule has 0 spiro atoms. The van der Waals surface area contributed by atoms with Gasteiger partial charge >= 0.3 is 0 Å². The standard InChI is InChI=1S/C12H15N3O/c1-12(2)6-15-11-9(13)4-8(14-3)5-10(11)16-7-12/h4-5,15H,6-7,13H2,1-2H3. The van der Waals surface area contributed by atoms with Gasteiger partial charge in [-0.2, -0.15) is 0 Å². The Balaban J connectivity index is 2.43. The molecule has 0 aliphatic carbocycles. The average Bonchev–Trinajstić information content (AvgIpc) is 2.38. The number of ether oxygens (including phenoxy) is 1. The Labute approximate surface area is 95.2 Å². The summed E-state index contributed by atoms with van der Waals surface area (Å²) in [4.78, 5) is 3.37. The molecule has 0 saturated heterocycles. The molecule has 1 aromatic carbocycles. The molecule has 0 atom stereocenters. The van der Waals surface area contributed by atoms with Crippen molar-refractivity contribution in [1.82, 2.24) is 0 Å². The molecule has 0 saturated carbocycles. The molecule has 1 aliphatic heterocycles. The van der Waals surface area contributed by atoms with Crippen LogP contribution in [0.5, 0.6) is 5.75 Å². The summed E-state index contributed by atoms with van der Waals surface area (Å²) >= 11 is 0. The molecule has 1 aromatic rings. The Morgan fingerprint density at radius 1 is 1.50 bits per heavy atom. The minimum absolute atomic E-state index is 0.0593. The second-order valence-corrected chi connectivity index (χ2v) is 4.83. The predicted molar refractivity (Wildman–Crippen MR) is 64.9 cm³/mol. The lowest BCUT2D eigenvalue weighted by Gasteiger charge is -2.20. The molecule has 16 heavy (non-hydrogen) atoms. The second kappa shape index (κ2) is 3.60. The van der Waals surface area contributed by atoms with Crippen molar-refractivity contribution in [3.05, 3.63) is 23.5 Å². The van der Waals surface area contributed by atoms with Crippen LogP contribution < -0.4 is 15.8 Å². The summed E-state index contributed by atoms with van der Waals surface area (Å²) in [5.74, 6) is 0.677. The van der Waals surface area contributed by atoms with Gasteiger partial charge in [0.2, 0.25) is 0 Å². The van der Waals surface area contributed by atoms with Crippen molar-refractivity contribution < 1.29 is 4.74 Å². The fourth-order valence-electron chi connectivity index (χ4n) is 1.64. The van der Waals surface area contributed by atoms with E-state index in [0.29, 0.717) is 23.7 Å². The van der Waals surface area contributed by atoms with Crippen molar-refractivity contribution in [2.24, 2.45) is 5.41 Å². The molecule has 0 bridgehead atoms. The van der Waals surface area contributed by atoms with Crippen LogP contribution in [0.4, 0.5) is 17.1 Å². The zero-order valence-corrected chi connectivity index (χ0v) is 9.50. The minimum Gasteiger partial charge on any atom is -0.492 e. The van der Waals surface area contributed by atoms with Gasteiger partial charge in [0, 0.05) is 17.6 Å². The topological polar surface area (TPSA) is 51.6 Å². The zero-order valence-electron chi connectivity index (χ0n) is 9.50. The Hall–Kier alpha value is -1.89. The maximum Gasteiger partial charge on any atom is 0.193 e. The van der Waals surface area contributed by atoms with Crippen LogP contribution >= 0.6 is 0 Å². The van der Waals surface area contributed by atoms with E-state index in [9.17, 15) is 0 Å². The number of nitrogen functional groups attached to an aromatic ring is 1. The first kappa shape index (κ1) is 10.6. The molecule has 0 unspecified atom stereocenters. The highest BCUT2D eigenvalue weighted by molar-refractivity contribution is 5.79. The summed E-state index contributed by atoms with van der Waals surface area (Å²) in [5.41, 5.74) is 7.84. The monoisotopic (exact) mass is 217 g/mol. The van der Waals surface area contributed by atoms with Crippen molar-refractivity contribution in [3.8, 4) is 5.75 Å². The van der Waals surface area contributed by atoms with Gasteiger partial charge in [-0.15, -0.1) is 0 Å². The summed E-state index contributed by atoms with van der Waals surface area (Å²) in [6, 6.07) is 3.40. The van der Waals surface area contributed by atoms with Gasteiger partial charge in [0.15, 0.2) is 5.69 Å². The van der Waals surface area contributed by atoms with E-state index in [2.05, 4.69) is 24.0 Å². The summed E-state index contributed by atoms with van der Waals surface area (Å²) in [6.45, 7) is 12.7. The maximum atomic E-state index is 6.98. The Bertz CT molecular complexity index is 460. The van der Waals surface area contributed by atoms with Gasteiger partial charge in [0.25, 0.3) is 0 Å². The SMILES string of the molecule is [C-]#[N+]c1cc(N)c2c(c1)OCC(C)(C)CN2. The van der Waals surface area contributed by atoms with Crippen molar-refractivity contribution in [1.29, 1.82) is 0 Å².